The maximum atomic E-state index is 10.8. The van der Waals surface area contributed by atoms with Gasteiger partial charge in [-0.15, -0.1) is 23.5 Å². The molecule has 0 bridgehead atoms. The monoisotopic (exact) mass is 210 g/mol. The Bertz CT molecular complexity index is 171. The fourth-order valence-corrected chi connectivity index (χ4v) is 2.67. The average Bonchev–Trinajstić information content (AvgIpc) is 1.99. The second-order valence-corrected chi connectivity index (χ2v) is 4.04. The predicted molar refractivity (Wildman–Crippen MR) is 55.2 cm³/mol. The zero-order valence-corrected chi connectivity index (χ0v) is 9.20. The van der Waals surface area contributed by atoms with E-state index in [0.717, 1.165) is 9.81 Å². The van der Waals surface area contributed by atoms with E-state index in [0.29, 0.717) is 6.42 Å². The highest BCUT2D eigenvalue weighted by Crippen LogP contribution is 2.29. The van der Waals surface area contributed by atoms with Gasteiger partial charge in [0.1, 0.15) is 0 Å². The Morgan fingerprint density at radius 1 is 1.36 bits per heavy atom. The first-order chi connectivity index (χ1) is 5.17. The van der Waals surface area contributed by atoms with E-state index in [1.54, 1.807) is 23.5 Å². The second-order valence-electron chi connectivity index (χ2n) is 1.80. The molecule has 0 spiro atoms. The van der Waals surface area contributed by atoms with Crippen LogP contribution in [0.5, 0.6) is 0 Å². The molecule has 0 atom stereocenters. The van der Waals surface area contributed by atoms with Gasteiger partial charge in [0.05, 0.1) is 0 Å². The minimum absolute atomic E-state index is 0.328. The summed E-state index contributed by atoms with van der Waals surface area (Å²) in [6.07, 6.45) is 4.60. The van der Waals surface area contributed by atoms with E-state index in [1.165, 1.54) is 0 Å². The van der Waals surface area contributed by atoms with Gasteiger partial charge in [-0.1, -0.05) is 6.92 Å². The molecule has 0 amide bonds. The summed E-state index contributed by atoms with van der Waals surface area (Å²) in [7, 11) is 0. The number of hydrogen-bond acceptors (Lipinski definition) is 3. The number of carbonyl (C=O) groups is 1. The van der Waals surface area contributed by atoms with Crippen LogP contribution in [0.25, 0.3) is 0 Å². The van der Waals surface area contributed by atoms with Crippen molar-refractivity contribution in [2.24, 2.45) is 0 Å². The molecule has 11 heavy (non-hydrogen) atoms. The van der Waals surface area contributed by atoms with Crippen LogP contribution in [0.4, 0.5) is 0 Å². The summed E-state index contributed by atoms with van der Waals surface area (Å²) in [5, 5.41) is -0.328. The van der Waals surface area contributed by atoms with Crippen LogP contribution in [-0.2, 0) is 4.79 Å². The van der Waals surface area contributed by atoms with Crippen LogP contribution in [0.15, 0.2) is 9.81 Å². The molecule has 0 saturated carbocycles. The average molecular weight is 211 g/mol. The number of rotatable bonds is 4. The fourth-order valence-electron chi connectivity index (χ4n) is 0.693. The number of allylic oxidation sites excluding steroid dienone is 1. The van der Waals surface area contributed by atoms with E-state index < -0.39 is 0 Å². The normalized spacial score (nSPS) is 9.45. The van der Waals surface area contributed by atoms with Gasteiger partial charge >= 0.3 is 0 Å². The lowest BCUT2D eigenvalue weighted by Crippen LogP contribution is -1.93. The van der Waals surface area contributed by atoms with Crippen molar-refractivity contribution in [3.8, 4) is 0 Å². The van der Waals surface area contributed by atoms with Crippen LogP contribution < -0.4 is 0 Å². The van der Waals surface area contributed by atoms with Crippen molar-refractivity contribution < 1.29 is 4.79 Å². The minimum atomic E-state index is -0.328. The van der Waals surface area contributed by atoms with Gasteiger partial charge in [0.25, 0.3) is 0 Å². The first-order valence-corrected chi connectivity index (χ1v) is 6.01. The summed E-state index contributed by atoms with van der Waals surface area (Å²) in [4.78, 5) is 10.8. The maximum absolute atomic E-state index is 10.8. The van der Waals surface area contributed by atoms with Crippen LogP contribution in [0.1, 0.15) is 13.3 Å². The summed E-state index contributed by atoms with van der Waals surface area (Å²) < 4.78 is 1.02. The Kier molecular flexibility index (Phi) is 6.19. The van der Waals surface area contributed by atoms with Crippen molar-refractivity contribution >= 4 is 40.4 Å². The third-order valence-electron chi connectivity index (χ3n) is 1.21. The second kappa shape index (κ2) is 5.98. The largest absolute Gasteiger partial charge is 0.276 e. The molecule has 0 saturated heterocycles. The standard InChI is InChI=1S/C7H11ClOS2/c1-4-5(6(8)9)7(10-2)11-3/h4H2,1-3H3. The predicted octanol–water partition coefficient (Wildman–Crippen LogP) is 3.10. The quantitative estimate of drug-likeness (QED) is 0.525. The number of hydrogen-bond donors (Lipinski definition) is 0. The van der Waals surface area contributed by atoms with Gasteiger partial charge in [0.15, 0.2) is 0 Å². The molecule has 0 fully saturated rings. The lowest BCUT2D eigenvalue weighted by Gasteiger charge is -2.04. The third-order valence-corrected chi connectivity index (χ3v) is 3.67. The summed E-state index contributed by atoms with van der Waals surface area (Å²) in [5.41, 5.74) is 0.728. The van der Waals surface area contributed by atoms with Crippen molar-refractivity contribution in [3.05, 3.63) is 9.81 Å². The summed E-state index contributed by atoms with van der Waals surface area (Å²) in [6, 6.07) is 0. The summed E-state index contributed by atoms with van der Waals surface area (Å²) in [5.74, 6) is 0. The Balaban J connectivity index is 4.62. The molecule has 0 aliphatic rings. The molecule has 0 aliphatic carbocycles. The van der Waals surface area contributed by atoms with Crippen molar-refractivity contribution in [3.63, 3.8) is 0 Å². The van der Waals surface area contributed by atoms with E-state index in [2.05, 4.69) is 0 Å². The molecule has 1 nitrogen and oxygen atoms in total. The number of halogens is 1. The Hall–Kier alpha value is 0.400. The molecule has 0 radical (unpaired) electrons. The Labute approximate surface area is 81.0 Å². The van der Waals surface area contributed by atoms with Gasteiger partial charge < -0.3 is 0 Å². The third kappa shape index (κ3) is 3.54. The van der Waals surface area contributed by atoms with Crippen LogP contribution in [-0.4, -0.2) is 17.8 Å². The molecule has 0 heterocycles. The topological polar surface area (TPSA) is 17.1 Å². The molecule has 0 aromatic heterocycles. The zero-order chi connectivity index (χ0) is 8.85. The molecule has 0 N–H and O–H groups in total. The van der Waals surface area contributed by atoms with Gasteiger partial charge in [0.2, 0.25) is 5.24 Å². The molecule has 0 aromatic rings. The molecular weight excluding hydrogens is 200 g/mol. The van der Waals surface area contributed by atoms with E-state index in [9.17, 15) is 4.79 Å². The minimum Gasteiger partial charge on any atom is -0.276 e. The van der Waals surface area contributed by atoms with Gasteiger partial charge in [-0.05, 0) is 30.5 Å². The highest BCUT2D eigenvalue weighted by Gasteiger charge is 2.09. The highest BCUT2D eigenvalue weighted by atomic mass is 35.5. The smallest absolute Gasteiger partial charge is 0.249 e. The maximum Gasteiger partial charge on any atom is 0.249 e. The van der Waals surface area contributed by atoms with Crippen LogP contribution in [0.3, 0.4) is 0 Å². The van der Waals surface area contributed by atoms with Crippen LogP contribution in [0, 0.1) is 0 Å². The Morgan fingerprint density at radius 3 is 1.91 bits per heavy atom. The van der Waals surface area contributed by atoms with Gasteiger partial charge in [0, 0.05) is 9.81 Å². The van der Waals surface area contributed by atoms with E-state index in [1.807, 2.05) is 19.4 Å². The molecule has 0 rings (SSSR count). The molecule has 64 valence electrons. The van der Waals surface area contributed by atoms with Gasteiger partial charge in [-0.25, -0.2) is 0 Å². The van der Waals surface area contributed by atoms with Crippen molar-refractivity contribution in [1.29, 1.82) is 0 Å². The highest BCUT2D eigenvalue weighted by molar-refractivity contribution is 8.21. The first kappa shape index (κ1) is 11.4. The lowest BCUT2D eigenvalue weighted by molar-refractivity contribution is -0.108. The SMILES string of the molecule is CCC(C(=O)Cl)=C(SC)SC. The molecule has 0 aliphatic heterocycles. The first-order valence-electron chi connectivity index (χ1n) is 3.18. The van der Waals surface area contributed by atoms with Crippen molar-refractivity contribution in [2.45, 2.75) is 13.3 Å². The van der Waals surface area contributed by atoms with E-state index in [4.69, 9.17) is 11.6 Å². The van der Waals surface area contributed by atoms with Gasteiger partial charge in [-0.2, -0.15) is 0 Å². The van der Waals surface area contributed by atoms with Crippen molar-refractivity contribution in [1.82, 2.24) is 0 Å². The number of carbonyl (C=O) groups excluding carboxylic acids is 1. The Morgan fingerprint density at radius 2 is 1.82 bits per heavy atom. The molecule has 0 aromatic carbocycles. The summed E-state index contributed by atoms with van der Waals surface area (Å²) >= 11 is 8.51. The number of thioether (sulfide) groups is 2. The van der Waals surface area contributed by atoms with Crippen LogP contribution >= 0.6 is 35.1 Å². The molecule has 4 heteroatoms. The van der Waals surface area contributed by atoms with Crippen molar-refractivity contribution in [2.75, 3.05) is 12.5 Å². The van der Waals surface area contributed by atoms with E-state index in [-0.39, 0.29) is 5.24 Å². The summed E-state index contributed by atoms with van der Waals surface area (Å²) in [6.45, 7) is 1.93. The lowest BCUT2D eigenvalue weighted by atomic mass is 10.3. The van der Waals surface area contributed by atoms with Crippen LogP contribution in [0.2, 0.25) is 0 Å². The molecular formula is C7H11ClOS2. The fraction of sp³-hybridized carbons (Fsp3) is 0.571. The zero-order valence-electron chi connectivity index (χ0n) is 6.81. The van der Waals surface area contributed by atoms with Gasteiger partial charge in [-0.3, -0.25) is 4.79 Å². The van der Waals surface area contributed by atoms with E-state index >= 15 is 0 Å². The molecule has 0 unspecified atom stereocenters.